The lowest BCUT2D eigenvalue weighted by Crippen LogP contribution is -2.29. The van der Waals surface area contributed by atoms with Gasteiger partial charge in [0, 0.05) is 29.8 Å². The molecule has 31 heavy (non-hydrogen) atoms. The van der Waals surface area contributed by atoms with Crippen molar-refractivity contribution in [1.29, 1.82) is 0 Å². The third-order valence-corrected chi connectivity index (χ3v) is 3.69. The van der Waals surface area contributed by atoms with Crippen molar-refractivity contribution >= 4 is 23.4 Å². The van der Waals surface area contributed by atoms with E-state index in [1.807, 2.05) is 0 Å². The Labute approximate surface area is 186 Å². The van der Waals surface area contributed by atoms with Gasteiger partial charge in [0.05, 0.1) is 6.26 Å². The molecular formula is C22H27ClF2N2O4. The number of hydrogen-bond donors (Lipinski definition) is 2. The largest absolute Gasteiger partial charge is 0.484 e. The molecule has 0 aliphatic rings. The predicted octanol–water partition coefficient (Wildman–Crippen LogP) is 4.61. The molecule has 2 N–H and O–H groups in total. The molecule has 0 saturated carbocycles. The lowest BCUT2D eigenvalue weighted by atomic mass is 10.2. The van der Waals surface area contributed by atoms with Crippen LogP contribution in [0.1, 0.15) is 19.8 Å². The third-order valence-electron chi connectivity index (χ3n) is 3.34. The number of halogens is 3. The summed E-state index contributed by atoms with van der Waals surface area (Å²) in [6, 6.07) is 0. The van der Waals surface area contributed by atoms with Crippen molar-refractivity contribution in [2.24, 2.45) is 0 Å². The van der Waals surface area contributed by atoms with Gasteiger partial charge in [-0.3, -0.25) is 9.59 Å². The van der Waals surface area contributed by atoms with E-state index in [0.29, 0.717) is 17.0 Å². The molecule has 9 heteroatoms. The molecule has 0 aliphatic heterocycles. The molecule has 0 saturated heterocycles. The first-order valence-corrected chi connectivity index (χ1v) is 9.55. The second-order valence-electron chi connectivity index (χ2n) is 6.01. The Morgan fingerprint density at radius 3 is 2.48 bits per heavy atom. The number of nitrogens with one attached hydrogen (secondary N) is 2. The lowest BCUT2D eigenvalue weighted by molar-refractivity contribution is -0.124. The molecule has 0 atom stereocenters. The zero-order chi connectivity index (χ0) is 23.6. The van der Waals surface area contributed by atoms with Crippen LogP contribution < -0.4 is 10.6 Å². The van der Waals surface area contributed by atoms with Crippen molar-refractivity contribution in [2.45, 2.75) is 26.4 Å². The van der Waals surface area contributed by atoms with Gasteiger partial charge in [-0.1, -0.05) is 49.6 Å². The number of allylic oxidation sites excluding steroid dienone is 6. The molecule has 0 radical (unpaired) electrons. The van der Waals surface area contributed by atoms with Crippen molar-refractivity contribution in [3.8, 4) is 0 Å². The summed E-state index contributed by atoms with van der Waals surface area (Å²) in [5.74, 6) is -0.434. The lowest BCUT2D eigenvalue weighted by Gasteiger charge is -2.11. The average molecular weight is 457 g/mol. The van der Waals surface area contributed by atoms with E-state index in [1.54, 1.807) is 13.0 Å². The number of carbonyl (C=O) groups is 2. The highest BCUT2D eigenvalue weighted by Crippen LogP contribution is 2.07. The van der Waals surface area contributed by atoms with Gasteiger partial charge in [-0.05, 0) is 31.1 Å². The number of rotatable bonds is 15. The van der Waals surface area contributed by atoms with Crippen LogP contribution in [0.3, 0.4) is 0 Å². The van der Waals surface area contributed by atoms with Crippen LogP contribution in [0.4, 0.5) is 8.78 Å². The summed E-state index contributed by atoms with van der Waals surface area (Å²) in [4.78, 5) is 23.9. The summed E-state index contributed by atoms with van der Waals surface area (Å²) in [6.07, 6.45) is 8.59. The highest BCUT2D eigenvalue weighted by Gasteiger charge is 2.08. The molecule has 2 amide bonds. The fraction of sp³-hybridized carbons (Fsp3) is 0.273. The summed E-state index contributed by atoms with van der Waals surface area (Å²) in [5.41, 5.74) is 2.74. The minimum Gasteiger partial charge on any atom is -0.484 e. The molecule has 0 aromatic heterocycles. The molecule has 0 spiro atoms. The Kier molecular flexibility index (Phi) is 15.0. The first kappa shape index (κ1) is 27.9. The maximum Gasteiger partial charge on any atom is 0.386 e. The van der Waals surface area contributed by atoms with E-state index in [1.165, 1.54) is 29.8 Å². The summed E-state index contributed by atoms with van der Waals surface area (Å²) >= 11 is 5.57. The third kappa shape index (κ3) is 15.4. The van der Waals surface area contributed by atoms with E-state index in [0.717, 1.165) is 11.8 Å². The highest BCUT2D eigenvalue weighted by molar-refractivity contribution is 6.25. The smallest absolute Gasteiger partial charge is 0.386 e. The van der Waals surface area contributed by atoms with Gasteiger partial charge in [-0.15, -0.1) is 0 Å². The fourth-order valence-electron chi connectivity index (χ4n) is 1.88. The van der Waals surface area contributed by atoms with E-state index in [2.05, 4.69) is 35.1 Å². The number of alkyl halides is 2. The van der Waals surface area contributed by atoms with Gasteiger partial charge in [0.15, 0.2) is 6.61 Å². The molecule has 6 nitrogen and oxygen atoms in total. The van der Waals surface area contributed by atoms with E-state index in [4.69, 9.17) is 16.3 Å². The van der Waals surface area contributed by atoms with Crippen LogP contribution in [0.25, 0.3) is 0 Å². The standard InChI is InChI=1S/C22H27ClF2N2O4/c1-5-7-8-18(14-31-22(24)25)13-26-20(28)10-9-17(4)27-21(29)15-30-19(6-2)11-16(3)12-23/h5-8,11-12,14,22H,1-2,4,9-10,13,15H2,3H3,(H,26,28)(H,27,29)/b8-7-,16-12+,18-14-,19-11+. The van der Waals surface area contributed by atoms with Crippen molar-refractivity contribution in [2.75, 3.05) is 13.2 Å². The SMILES string of the molecule is C=C/C=C\C(=C\OC(F)F)CNC(=O)CCC(=C)NC(=O)CO/C(C=C)=C/C(C)=C/Cl. The van der Waals surface area contributed by atoms with E-state index in [9.17, 15) is 18.4 Å². The molecule has 0 aromatic rings. The van der Waals surface area contributed by atoms with Gasteiger partial charge < -0.3 is 20.1 Å². The van der Waals surface area contributed by atoms with Gasteiger partial charge in [0.1, 0.15) is 5.76 Å². The zero-order valence-electron chi connectivity index (χ0n) is 17.3. The Morgan fingerprint density at radius 2 is 1.90 bits per heavy atom. The van der Waals surface area contributed by atoms with Crippen molar-refractivity contribution < 1.29 is 27.8 Å². The van der Waals surface area contributed by atoms with E-state index < -0.39 is 12.5 Å². The maximum atomic E-state index is 12.2. The quantitative estimate of drug-likeness (QED) is 0.279. The van der Waals surface area contributed by atoms with Gasteiger partial charge >= 0.3 is 6.61 Å². The molecule has 0 aliphatic carbocycles. The number of ether oxygens (including phenoxy) is 2. The normalized spacial score (nSPS) is 12.5. The topological polar surface area (TPSA) is 76.7 Å². The van der Waals surface area contributed by atoms with Crippen LogP contribution in [0.5, 0.6) is 0 Å². The van der Waals surface area contributed by atoms with Crippen molar-refractivity contribution in [1.82, 2.24) is 10.6 Å². The molecular weight excluding hydrogens is 430 g/mol. The molecule has 170 valence electrons. The summed E-state index contributed by atoms with van der Waals surface area (Å²) in [7, 11) is 0. The number of carbonyl (C=O) groups excluding carboxylic acids is 2. The zero-order valence-corrected chi connectivity index (χ0v) is 18.1. The van der Waals surface area contributed by atoms with Gasteiger partial charge in [-0.2, -0.15) is 8.78 Å². The van der Waals surface area contributed by atoms with Crippen LogP contribution in [-0.2, 0) is 19.1 Å². The number of hydrogen-bond acceptors (Lipinski definition) is 4. The second kappa shape index (κ2) is 16.6. The van der Waals surface area contributed by atoms with Crippen molar-refractivity contribution in [3.63, 3.8) is 0 Å². The molecule has 0 aromatic carbocycles. The van der Waals surface area contributed by atoms with Crippen LogP contribution >= 0.6 is 11.6 Å². The molecule has 0 unspecified atom stereocenters. The van der Waals surface area contributed by atoms with Crippen LogP contribution in [0.15, 0.2) is 84.5 Å². The summed E-state index contributed by atoms with van der Waals surface area (Å²) in [5, 5.41) is 5.09. The van der Waals surface area contributed by atoms with E-state index in [-0.39, 0.29) is 31.9 Å². The van der Waals surface area contributed by atoms with Crippen LogP contribution in [0.2, 0.25) is 0 Å². The molecule has 0 heterocycles. The highest BCUT2D eigenvalue weighted by atomic mass is 35.5. The van der Waals surface area contributed by atoms with Crippen LogP contribution in [-0.4, -0.2) is 31.6 Å². The first-order valence-electron chi connectivity index (χ1n) is 9.11. The summed E-state index contributed by atoms with van der Waals surface area (Å²) in [6.45, 7) is 9.27. The summed E-state index contributed by atoms with van der Waals surface area (Å²) < 4.78 is 33.7. The average Bonchev–Trinajstić information content (AvgIpc) is 2.74. The second-order valence-corrected chi connectivity index (χ2v) is 6.22. The predicted molar refractivity (Wildman–Crippen MR) is 118 cm³/mol. The van der Waals surface area contributed by atoms with Gasteiger partial charge in [0.2, 0.25) is 5.91 Å². The van der Waals surface area contributed by atoms with Crippen LogP contribution in [0, 0.1) is 0 Å². The van der Waals surface area contributed by atoms with Crippen molar-refractivity contribution in [3.05, 3.63) is 84.5 Å². The first-order chi connectivity index (χ1) is 14.7. The minimum absolute atomic E-state index is 0.0185. The molecule has 0 bridgehead atoms. The fourth-order valence-corrected chi connectivity index (χ4v) is 1.95. The minimum atomic E-state index is -2.96. The molecule has 0 fully saturated rings. The Hall–Kier alpha value is -3.13. The monoisotopic (exact) mass is 456 g/mol. The van der Waals surface area contributed by atoms with Gasteiger partial charge in [0.25, 0.3) is 5.91 Å². The molecule has 0 rings (SSSR count). The Morgan fingerprint density at radius 1 is 1.19 bits per heavy atom. The Balaban J connectivity index is 4.42. The van der Waals surface area contributed by atoms with E-state index >= 15 is 0 Å². The number of amides is 2. The van der Waals surface area contributed by atoms with Gasteiger partial charge in [-0.25, -0.2) is 0 Å². The Bertz CT molecular complexity index is 771. The maximum absolute atomic E-state index is 12.2.